The molecule has 0 aliphatic rings. The van der Waals surface area contributed by atoms with Crippen molar-refractivity contribution in [3.05, 3.63) is 0 Å². The fourth-order valence-electron chi connectivity index (χ4n) is 11.1. The van der Waals surface area contributed by atoms with Gasteiger partial charge in [-0.2, -0.15) is 0 Å². The van der Waals surface area contributed by atoms with Crippen LogP contribution in [-0.4, -0.2) is 46.1 Å². The molecule has 0 spiro atoms. The van der Waals surface area contributed by atoms with Crippen LogP contribution in [0.25, 0.3) is 0 Å². The van der Waals surface area contributed by atoms with Crippen molar-refractivity contribution in [3.8, 4) is 0 Å². The first-order chi connectivity index (χ1) is 35.0. The largest absolute Gasteiger partial charge is 0.394 e. The van der Waals surface area contributed by atoms with Crippen molar-refractivity contribution in [3.63, 3.8) is 0 Å². The summed E-state index contributed by atoms with van der Waals surface area (Å²) in [7, 11) is 0. The van der Waals surface area contributed by atoms with Crippen LogP contribution < -0.4 is 5.32 Å². The van der Waals surface area contributed by atoms with Crippen molar-refractivity contribution < 1.29 is 20.1 Å². The maximum Gasteiger partial charge on any atom is 0.222 e. The Hall–Kier alpha value is -0.650. The van der Waals surface area contributed by atoms with Gasteiger partial charge in [0.05, 0.1) is 31.3 Å². The summed E-state index contributed by atoms with van der Waals surface area (Å²) in [5.41, 5.74) is 0. The monoisotopic (exact) mass is 1000 g/mol. The van der Waals surface area contributed by atoms with Gasteiger partial charge in [-0.15, -0.1) is 0 Å². The summed E-state index contributed by atoms with van der Waals surface area (Å²) in [5, 5.41) is 33.8. The van der Waals surface area contributed by atoms with Gasteiger partial charge in [-0.3, -0.25) is 4.79 Å². The molecule has 0 rings (SSSR count). The van der Waals surface area contributed by atoms with Gasteiger partial charge in [0.15, 0.2) is 0 Å². The van der Waals surface area contributed by atoms with E-state index in [1.165, 1.54) is 334 Å². The number of aliphatic hydroxyl groups is 3. The van der Waals surface area contributed by atoms with Crippen LogP contribution in [0.3, 0.4) is 0 Å². The molecule has 5 nitrogen and oxygen atoms in total. The van der Waals surface area contributed by atoms with E-state index in [2.05, 4.69) is 19.2 Å². The minimum absolute atomic E-state index is 0.0439. The fraction of sp³-hybridized carbons (Fsp3) is 0.985. The second kappa shape index (κ2) is 61.9. The number of aliphatic hydroxyl groups excluding tert-OH is 3. The van der Waals surface area contributed by atoms with E-state index >= 15 is 0 Å². The lowest BCUT2D eigenvalue weighted by atomic mass is 10.0. The maximum absolute atomic E-state index is 12.6. The molecule has 0 heterocycles. The molecule has 426 valence electrons. The second-order valence-corrected chi connectivity index (χ2v) is 23.5. The number of amides is 1. The summed E-state index contributed by atoms with van der Waals surface area (Å²) >= 11 is 0. The van der Waals surface area contributed by atoms with Gasteiger partial charge in [0, 0.05) is 0 Å². The number of unbranched alkanes of at least 4 members (excludes halogenated alkanes) is 54. The van der Waals surface area contributed by atoms with E-state index in [1.807, 2.05) is 0 Å². The molecule has 3 atom stereocenters. The molecular weight excluding hydrogens is 871 g/mol. The van der Waals surface area contributed by atoms with Crippen LogP contribution >= 0.6 is 0 Å². The topological polar surface area (TPSA) is 89.8 Å². The summed E-state index contributed by atoms with van der Waals surface area (Å²) < 4.78 is 0. The molecule has 0 aromatic carbocycles. The van der Waals surface area contributed by atoms with Gasteiger partial charge in [0.25, 0.3) is 0 Å². The van der Waals surface area contributed by atoms with E-state index in [9.17, 15) is 20.1 Å². The minimum Gasteiger partial charge on any atom is -0.394 e. The molecule has 5 heteroatoms. The fourth-order valence-corrected chi connectivity index (χ4v) is 11.1. The SMILES string of the molecule is CCCCCCCCCCCCCCCCCCCCCCCCCCCCCCCCCCCC(O)CC(=O)NC(CO)C(O)CCCCCCCCCCCCCCCCCCCCCCCCC. The van der Waals surface area contributed by atoms with Crippen LogP contribution in [0.15, 0.2) is 0 Å². The highest BCUT2D eigenvalue weighted by atomic mass is 16.3. The molecule has 0 fully saturated rings. The van der Waals surface area contributed by atoms with Crippen LogP contribution in [0.1, 0.15) is 393 Å². The van der Waals surface area contributed by atoms with Crippen molar-refractivity contribution in [2.75, 3.05) is 6.61 Å². The number of rotatable bonds is 63. The Morgan fingerprint density at radius 1 is 0.296 bits per heavy atom. The first-order valence-electron chi connectivity index (χ1n) is 33.3. The predicted molar refractivity (Wildman–Crippen MR) is 315 cm³/mol. The van der Waals surface area contributed by atoms with E-state index in [-0.39, 0.29) is 18.9 Å². The van der Waals surface area contributed by atoms with Crippen LogP contribution in [0.4, 0.5) is 0 Å². The van der Waals surface area contributed by atoms with Gasteiger partial charge in [0.1, 0.15) is 0 Å². The Morgan fingerprint density at radius 2 is 0.479 bits per heavy atom. The maximum atomic E-state index is 12.6. The molecule has 3 unspecified atom stereocenters. The lowest BCUT2D eigenvalue weighted by molar-refractivity contribution is -0.125. The first kappa shape index (κ1) is 70.3. The second-order valence-electron chi connectivity index (χ2n) is 23.5. The third-order valence-electron chi connectivity index (χ3n) is 16.2. The Kier molecular flexibility index (Phi) is 61.3. The Labute approximate surface area is 447 Å². The number of hydrogen-bond acceptors (Lipinski definition) is 4. The van der Waals surface area contributed by atoms with Gasteiger partial charge in [-0.1, -0.05) is 373 Å². The Bertz CT molecular complexity index is 975. The zero-order chi connectivity index (χ0) is 51.4. The van der Waals surface area contributed by atoms with Crippen LogP contribution in [0.5, 0.6) is 0 Å². The molecular formula is C66H133NO4. The van der Waals surface area contributed by atoms with Crippen molar-refractivity contribution >= 4 is 5.91 Å². The molecule has 0 saturated carbocycles. The molecule has 0 aromatic heterocycles. The van der Waals surface area contributed by atoms with E-state index in [4.69, 9.17) is 0 Å². The zero-order valence-electron chi connectivity index (χ0n) is 48.9. The average Bonchev–Trinajstić information content (AvgIpc) is 3.37. The van der Waals surface area contributed by atoms with Crippen LogP contribution in [-0.2, 0) is 4.79 Å². The van der Waals surface area contributed by atoms with Gasteiger partial charge in [0.2, 0.25) is 5.91 Å². The highest BCUT2D eigenvalue weighted by Crippen LogP contribution is 2.20. The van der Waals surface area contributed by atoms with Crippen molar-refractivity contribution in [1.29, 1.82) is 0 Å². The van der Waals surface area contributed by atoms with Crippen molar-refractivity contribution in [2.24, 2.45) is 0 Å². The normalized spacial score (nSPS) is 13.0. The van der Waals surface area contributed by atoms with E-state index in [0.717, 1.165) is 25.7 Å². The van der Waals surface area contributed by atoms with Crippen molar-refractivity contribution in [1.82, 2.24) is 5.32 Å². The number of carbonyl (C=O) groups excluding carboxylic acids is 1. The lowest BCUT2D eigenvalue weighted by Gasteiger charge is -2.23. The zero-order valence-corrected chi connectivity index (χ0v) is 48.9. The highest BCUT2D eigenvalue weighted by Gasteiger charge is 2.21. The predicted octanol–water partition coefficient (Wildman–Crippen LogP) is 21.2. The average molecular weight is 1000 g/mol. The molecule has 0 saturated heterocycles. The molecule has 0 bridgehead atoms. The van der Waals surface area contributed by atoms with E-state index in [1.54, 1.807) is 0 Å². The molecule has 0 radical (unpaired) electrons. The minimum atomic E-state index is -0.746. The van der Waals surface area contributed by atoms with Crippen LogP contribution in [0, 0.1) is 0 Å². The van der Waals surface area contributed by atoms with Gasteiger partial charge in [-0.25, -0.2) is 0 Å². The summed E-state index contributed by atoms with van der Waals surface area (Å²) in [6, 6.07) is -0.655. The standard InChI is InChI=1S/C66H133NO4/c1-3-5-7-9-11-13-15-17-19-21-23-25-27-28-29-30-31-32-33-34-35-36-38-39-41-43-45-47-49-51-53-55-57-59-63(69)61-66(71)67-64(62-68)65(70)60-58-56-54-52-50-48-46-44-42-40-37-26-24-22-20-18-16-14-12-10-8-6-4-2/h63-65,68-70H,3-62H2,1-2H3,(H,67,71). The first-order valence-corrected chi connectivity index (χ1v) is 33.3. The molecule has 0 aromatic rings. The number of carbonyl (C=O) groups is 1. The van der Waals surface area contributed by atoms with E-state index < -0.39 is 18.2 Å². The quantitative estimate of drug-likeness (QED) is 0.0457. The van der Waals surface area contributed by atoms with E-state index in [0.29, 0.717) is 12.8 Å². The van der Waals surface area contributed by atoms with Gasteiger partial charge >= 0.3 is 0 Å². The van der Waals surface area contributed by atoms with Gasteiger partial charge < -0.3 is 20.6 Å². The Balaban J connectivity index is 3.43. The molecule has 71 heavy (non-hydrogen) atoms. The summed E-state index contributed by atoms with van der Waals surface area (Å²) in [6.45, 7) is 4.32. The number of hydrogen-bond donors (Lipinski definition) is 4. The third-order valence-corrected chi connectivity index (χ3v) is 16.2. The highest BCUT2D eigenvalue weighted by molar-refractivity contribution is 5.76. The summed E-state index contributed by atoms with van der Waals surface area (Å²) in [4.78, 5) is 12.6. The number of nitrogens with one attached hydrogen (secondary N) is 1. The molecule has 0 aliphatic heterocycles. The van der Waals surface area contributed by atoms with Gasteiger partial charge in [-0.05, 0) is 12.8 Å². The molecule has 4 N–H and O–H groups in total. The lowest BCUT2D eigenvalue weighted by Crippen LogP contribution is -2.46. The smallest absolute Gasteiger partial charge is 0.222 e. The Morgan fingerprint density at radius 3 is 0.676 bits per heavy atom. The molecule has 0 aliphatic carbocycles. The van der Waals surface area contributed by atoms with Crippen LogP contribution in [0.2, 0.25) is 0 Å². The third kappa shape index (κ3) is 58.5. The summed E-state index contributed by atoms with van der Waals surface area (Å²) in [6.07, 6.45) is 77.4. The van der Waals surface area contributed by atoms with Crippen molar-refractivity contribution in [2.45, 2.75) is 411 Å². The summed E-state index contributed by atoms with van der Waals surface area (Å²) in [5.74, 6) is -0.272. The molecule has 1 amide bonds.